The van der Waals surface area contributed by atoms with Crippen molar-refractivity contribution in [3.05, 3.63) is 0 Å². The Balaban J connectivity index is 2.33. The third-order valence-electron chi connectivity index (χ3n) is 4.89. The average Bonchev–Trinajstić information content (AvgIpc) is 2.70. The molecule has 0 aliphatic heterocycles. The van der Waals surface area contributed by atoms with E-state index in [9.17, 15) is 4.79 Å². The first kappa shape index (κ1) is 16.8. The lowest BCUT2D eigenvalue weighted by Crippen LogP contribution is -2.38. The van der Waals surface area contributed by atoms with E-state index in [1.165, 1.54) is 38.5 Å². The van der Waals surface area contributed by atoms with Crippen LogP contribution in [0.1, 0.15) is 71.6 Å². The first-order chi connectivity index (χ1) is 9.15. The minimum atomic E-state index is 0.0840. The SMILES string of the molecule is CCC(CC)(CCl)CNC(=O)CC1CCCCCC1. The predicted molar refractivity (Wildman–Crippen MR) is 82.6 cm³/mol. The summed E-state index contributed by atoms with van der Waals surface area (Å²) in [6.45, 7) is 5.04. The molecule has 112 valence electrons. The zero-order chi connectivity index (χ0) is 14.1. The fourth-order valence-electron chi connectivity index (χ4n) is 2.92. The number of carbonyl (C=O) groups is 1. The summed E-state index contributed by atoms with van der Waals surface area (Å²) in [7, 11) is 0. The fourth-order valence-corrected chi connectivity index (χ4v) is 3.40. The van der Waals surface area contributed by atoms with E-state index in [-0.39, 0.29) is 11.3 Å². The summed E-state index contributed by atoms with van der Waals surface area (Å²) in [5.74, 6) is 1.46. The highest BCUT2D eigenvalue weighted by Gasteiger charge is 2.26. The van der Waals surface area contributed by atoms with Crippen molar-refractivity contribution >= 4 is 17.5 Å². The Kier molecular flexibility index (Phi) is 7.82. The molecule has 19 heavy (non-hydrogen) atoms. The number of rotatable bonds is 7. The van der Waals surface area contributed by atoms with Gasteiger partial charge in [0.2, 0.25) is 5.91 Å². The van der Waals surface area contributed by atoms with Gasteiger partial charge < -0.3 is 5.32 Å². The number of hydrogen-bond acceptors (Lipinski definition) is 1. The highest BCUT2D eigenvalue weighted by Crippen LogP contribution is 2.28. The molecule has 0 radical (unpaired) electrons. The Morgan fingerprint density at radius 1 is 1.16 bits per heavy atom. The summed E-state index contributed by atoms with van der Waals surface area (Å²) in [4.78, 5) is 12.1. The van der Waals surface area contributed by atoms with Gasteiger partial charge in [-0.05, 0) is 31.6 Å². The van der Waals surface area contributed by atoms with Crippen LogP contribution in [0, 0.1) is 11.3 Å². The topological polar surface area (TPSA) is 29.1 Å². The van der Waals surface area contributed by atoms with Crippen LogP contribution >= 0.6 is 11.6 Å². The molecule has 1 fully saturated rings. The predicted octanol–water partition coefficient (Wildman–Crippen LogP) is 4.51. The molecule has 1 saturated carbocycles. The standard InChI is InChI=1S/C16H30ClNO/c1-3-16(4-2,12-17)13-18-15(19)11-14-9-7-5-6-8-10-14/h14H,3-13H2,1-2H3,(H,18,19). The molecule has 0 aromatic carbocycles. The van der Waals surface area contributed by atoms with E-state index < -0.39 is 0 Å². The maximum atomic E-state index is 12.1. The van der Waals surface area contributed by atoms with Crippen LogP contribution in [0.2, 0.25) is 0 Å². The van der Waals surface area contributed by atoms with Crippen molar-refractivity contribution in [2.24, 2.45) is 11.3 Å². The van der Waals surface area contributed by atoms with Gasteiger partial charge in [0.1, 0.15) is 0 Å². The van der Waals surface area contributed by atoms with E-state index in [2.05, 4.69) is 19.2 Å². The van der Waals surface area contributed by atoms with Crippen LogP contribution in [0.3, 0.4) is 0 Å². The van der Waals surface area contributed by atoms with Crippen molar-refractivity contribution in [1.29, 1.82) is 0 Å². The van der Waals surface area contributed by atoms with Crippen LogP contribution in [0.5, 0.6) is 0 Å². The van der Waals surface area contributed by atoms with E-state index in [4.69, 9.17) is 11.6 Å². The zero-order valence-electron chi connectivity index (χ0n) is 12.6. The summed E-state index contributed by atoms with van der Waals surface area (Å²) in [6, 6.07) is 0. The number of amides is 1. The Labute approximate surface area is 123 Å². The monoisotopic (exact) mass is 287 g/mol. The molecular formula is C16H30ClNO. The van der Waals surface area contributed by atoms with Gasteiger partial charge in [-0.15, -0.1) is 11.6 Å². The molecule has 3 heteroatoms. The summed E-state index contributed by atoms with van der Waals surface area (Å²) >= 11 is 6.07. The highest BCUT2D eigenvalue weighted by molar-refractivity contribution is 6.18. The van der Waals surface area contributed by atoms with Gasteiger partial charge >= 0.3 is 0 Å². The molecule has 1 rings (SSSR count). The van der Waals surface area contributed by atoms with Crippen molar-refractivity contribution < 1.29 is 4.79 Å². The molecule has 1 N–H and O–H groups in total. The van der Waals surface area contributed by atoms with Gasteiger partial charge in [-0.25, -0.2) is 0 Å². The number of alkyl halides is 1. The lowest BCUT2D eigenvalue weighted by molar-refractivity contribution is -0.122. The second-order valence-corrected chi connectivity index (χ2v) is 6.45. The minimum Gasteiger partial charge on any atom is -0.355 e. The average molecular weight is 288 g/mol. The second-order valence-electron chi connectivity index (χ2n) is 6.18. The van der Waals surface area contributed by atoms with Gasteiger partial charge in [-0.3, -0.25) is 4.79 Å². The largest absolute Gasteiger partial charge is 0.355 e. The third-order valence-corrected chi connectivity index (χ3v) is 5.46. The van der Waals surface area contributed by atoms with Crippen molar-refractivity contribution in [3.8, 4) is 0 Å². The zero-order valence-corrected chi connectivity index (χ0v) is 13.4. The molecule has 0 aromatic heterocycles. The molecule has 1 amide bonds. The van der Waals surface area contributed by atoms with Gasteiger partial charge in [0.25, 0.3) is 0 Å². The van der Waals surface area contributed by atoms with Gasteiger partial charge in [0.05, 0.1) is 0 Å². The smallest absolute Gasteiger partial charge is 0.220 e. The Bertz CT molecular complexity index is 247. The molecule has 0 unspecified atom stereocenters. The Morgan fingerprint density at radius 2 is 1.74 bits per heavy atom. The van der Waals surface area contributed by atoms with Crippen molar-refractivity contribution in [1.82, 2.24) is 5.32 Å². The van der Waals surface area contributed by atoms with E-state index in [1.807, 2.05) is 0 Å². The first-order valence-corrected chi connectivity index (χ1v) is 8.52. The molecule has 0 saturated heterocycles. The Morgan fingerprint density at radius 3 is 2.21 bits per heavy atom. The maximum absolute atomic E-state index is 12.1. The van der Waals surface area contributed by atoms with Crippen molar-refractivity contribution in [3.63, 3.8) is 0 Å². The lowest BCUT2D eigenvalue weighted by Gasteiger charge is -2.29. The lowest BCUT2D eigenvalue weighted by atomic mass is 9.84. The van der Waals surface area contributed by atoms with Crippen molar-refractivity contribution in [2.75, 3.05) is 12.4 Å². The van der Waals surface area contributed by atoms with Gasteiger partial charge in [0, 0.05) is 24.3 Å². The Hall–Kier alpha value is -0.240. The molecule has 2 nitrogen and oxygen atoms in total. The molecule has 1 aliphatic rings. The van der Waals surface area contributed by atoms with Crippen LogP contribution < -0.4 is 5.32 Å². The van der Waals surface area contributed by atoms with Crippen molar-refractivity contribution in [2.45, 2.75) is 71.6 Å². The summed E-state index contributed by atoms with van der Waals surface area (Å²) in [5.41, 5.74) is 0.0840. The highest BCUT2D eigenvalue weighted by atomic mass is 35.5. The summed E-state index contributed by atoms with van der Waals surface area (Å²) < 4.78 is 0. The van der Waals surface area contributed by atoms with Crippen LogP contribution in [-0.2, 0) is 4.79 Å². The molecule has 0 spiro atoms. The first-order valence-electron chi connectivity index (χ1n) is 7.98. The molecule has 0 heterocycles. The number of carbonyl (C=O) groups excluding carboxylic acids is 1. The quantitative estimate of drug-likeness (QED) is 0.542. The number of halogens is 1. The van der Waals surface area contributed by atoms with Gasteiger partial charge in [-0.1, -0.05) is 39.5 Å². The second kappa shape index (κ2) is 8.84. The molecule has 1 aliphatic carbocycles. The number of hydrogen-bond donors (Lipinski definition) is 1. The number of nitrogens with one attached hydrogen (secondary N) is 1. The van der Waals surface area contributed by atoms with Crippen LogP contribution in [0.4, 0.5) is 0 Å². The van der Waals surface area contributed by atoms with E-state index in [0.29, 0.717) is 18.2 Å². The molecule has 0 atom stereocenters. The van der Waals surface area contributed by atoms with Gasteiger partial charge in [0.15, 0.2) is 0 Å². The van der Waals surface area contributed by atoms with Crippen LogP contribution in [0.25, 0.3) is 0 Å². The van der Waals surface area contributed by atoms with Crippen LogP contribution in [0.15, 0.2) is 0 Å². The van der Waals surface area contributed by atoms with E-state index in [1.54, 1.807) is 0 Å². The van der Waals surface area contributed by atoms with E-state index >= 15 is 0 Å². The minimum absolute atomic E-state index is 0.0840. The molecular weight excluding hydrogens is 258 g/mol. The summed E-state index contributed by atoms with van der Waals surface area (Å²) in [5, 5.41) is 3.12. The van der Waals surface area contributed by atoms with Crippen LogP contribution in [-0.4, -0.2) is 18.3 Å². The third kappa shape index (κ3) is 5.72. The molecule has 0 aromatic rings. The van der Waals surface area contributed by atoms with Gasteiger partial charge in [-0.2, -0.15) is 0 Å². The normalized spacial score (nSPS) is 18.1. The van der Waals surface area contributed by atoms with E-state index in [0.717, 1.165) is 19.4 Å². The maximum Gasteiger partial charge on any atom is 0.220 e. The fraction of sp³-hybridized carbons (Fsp3) is 0.938. The summed E-state index contributed by atoms with van der Waals surface area (Å²) in [6.07, 6.45) is 10.5. The molecule has 0 bridgehead atoms.